The van der Waals surface area contributed by atoms with E-state index in [1.165, 1.54) is 0 Å². The van der Waals surface area contributed by atoms with E-state index in [-0.39, 0.29) is 49.6 Å². The van der Waals surface area contributed by atoms with Crippen LogP contribution in [0.15, 0.2) is 176 Å². The summed E-state index contributed by atoms with van der Waals surface area (Å²) in [5.41, 5.74) is 10.1. The molecular formula is C68H65Cl5N6O11. The summed E-state index contributed by atoms with van der Waals surface area (Å²) in [6.45, 7) is 13.0. The number of halogens is 5. The number of methoxy groups -OCH3 is 2. The van der Waals surface area contributed by atoms with Crippen molar-refractivity contribution in [2.75, 3.05) is 27.3 Å². The van der Waals surface area contributed by atoms with Crippen molar-refractivity contribution in [2.24, 2.45) is 11.1 Å². The predicted octanol–water partition coefficient (Wildman–Crippen LogP) is 16.7. The molecule has 0 unspecified atom stereocenters. The lowest BCUT2D eigenvalue weighted by molar-refractivity contribution is -0.193. The Bertz CT molecular complexity index is 4050. The maximum absolute atomic E-state index is 12.6. The van der Waals surface area contributed by atoms with Crippen molar-refractivity contribution in [3.63, 3.8) is 0 Å². The number of benzene rings is 8. The van der Waals surface area contributed by atoms with E-state index in [1.807, 2.05) is 109 Å². The maximum atomic E-state index is 12.6. The van der Waals surface area contributed by atoms with Crippen LogP contribution in [0.4, 0.5) is 0 Å². The van der Waals surface area contributed by atoms with Crippen molar-refractivity contribution in [3.8, 4) is 68.4 Å². The first-order valence-electron chi connectivity index (χ1n) is 27.4. The highest BCUT2D eigenvalue weighted by Crippen LogP contribution is 2.38. The molecule has 22 heteroatoms. The van der Waals surface area contributed by atoms with Crippen LogP contribution in [-0.2, 0) is 28.7 Å². The molecule has 0 atom stereocenters. The SMILES string of the molecule is CC(C)(C)CCN.COc1ccc2cc(-c3nn(-c4cc(Cl)cc(Cl)c4)cc3Oc3ccc(C(=O)NCCC(=O)OC(C)(C)C)cc3)ccc2c1.COc1ccc2cc(-c3nn(-c4cc(Cl)cc(Cl)c4)cc3Oc3ccccc3)ccc2c1.Cl.O=C=O.O=C=O. The van der Waals surface area contributed by atoms with Gasteiger partial charge in [0.15, 0.2) is 11.5 Å². The van der Waals surface area contributed by atoms with Crippen LogP contribution in [0.25, 0.3) is 55.4 Å². The largest absolute Gasteiger partial charge is 0.497 e. The second-order valence-corrected chi connectivity index (χ2v) is 23.3. The van der Waals surface area contributed by atoms with E-state index in [2.05, 4.69) is 38.2 Å². The van der Waals surface area contributed by atoms with E-state index >= 15 is 0 Å². The number of rotatable bonds is 15. The summed E-state index contributed by atoms with van der Waals surface area (Å²) in [4.78, 5) is 57.1. The van der Waals surface area contributed by atoms with Crippen LogP contribution in [0.2, 0.25) is 20.1 Å². The van der Waals surface area contributed by atoms with Gasteiger partial charge in [-0.15, -0.1) is 12.4 Å². The summed E-state index contributed by atoms with van der Waals surface area (Å²) in [6.07, 6.45) is 5.29. The quantitative estimate of drug-likeness (QED) is 0.0912. The second-order valence-electron chi connectivity index (χ2n) is 21.6. The Morgan fingerprint density at radius 1 is 0.533 bits per heavy atom. The summed E-state index contributed by atoms with van der Waals surface area (Å²) in [5, 5.41) is 18.6. The lowest BCUT2D eigenvalue weighted by Gasteiger charge is -2.19. The first-order chi connectivity index (χ1) is 42.4. The molecule has 0 saturated carbocycles. The molecule has 3 N–H and O–H groups in total. The lowest BCUT2D eigenvalue weighted by Crippen LogP contribution is -2.29. The van der Waals surface area contributed by atoms with Gasteiger partial charge >= 0.3 is 18.3 Å². The van der Waals surface area contributed by atoms with Gasteiger partial charge in [0, 0.05) is 43.3 Å². The average molecular weight is 1320 g/mol. The lowest BCUT2D eigenvalue weighted by atomic mass is 9.93. The first kappa shape index (κ1) is 71.8. The monoisotopic (exact) mass is 1320 g/mol. The zero-order chi connectivity index (χ0) is 64.8. The van der Waals surface area contributed by atoms with Gasteiger partial charge in [0.25, 0.3) is 5.91 Å². The highest BCUT2D eigenvalue weighted by atomic mass is 35.5. The van der Waals surface area contributed by atoms with Crippen LogP contribution in [0.3, 0.4) is 0 Å². The van der Waals surface area contributed by atoms with Crippen molar-refractivity contribution < 1.29 is 52.5 Å². The number of nitrogens with zero attached hydrogens (tertiary/aromatic N) is 4. The molecule has 8 aromatic carbocycles. The molecule has 0 aliphatic heterocycles. The minimum Gasteiger partial charge on any atom is -0.497 e. The van der Waals surface area contributed by atoms with E-state index in [4.69, 9.17) is 105 Å². The normalized spacial score (nSPS) is 10.5. The van der Waals surface area contributed by atoms with Gasteiger partial charge in [0.2, 0.25) is 0 Å². The van der Waals surface area contributed by atoms with Crippen LogP contribution in [0.5, 0.6) is 34.5 Å². The molecule has 90 heavy (non-hydrogen) atoms. The van der Waals surface area contributed by atoms with Gasteiger partial charge in [-0.2, -0.15) is 29.4 Å². The molecule has 0 radical (unpaired) electrons. The standard InChI is InChI=1S/C34H31Cl2N3O5.C26H18Cl2N2O2.C6H15N.2CO2.ClH/c1-34(2,3)44-31(40)13-14-37-33(41)21-7-10-28(11-8-21)43-30-20-39(27-18-25(35)17-26(36)19-27)38-32(30)24-6-5-23-16-29(42-4)12-9-22(23)15-24;1-31-24-10-9-17-11-19(8-7-18(17)12-24)26-25(32-23-5-3-2-4-6-23)16-30(29-26)22-14-20(27)13-21(28)15-22;1-6(2,3)4-5-7;2*2-1-3;/h5-12,15-20H,13-14H2,1-4H3,(H,37,41);2-16H,1H3;4-5,7H2,1-3H3;;;1H. The molecule has 468 valence electrons. The number of para-hydroxylation sites is 1. The van der Waals surface area contributed by atoms with E-state index in [1.54, 1.807) is 99.1 Å². The zero-order valence-corrected chi connectivity index (χ0v) is 54.2. The molecule has 2 aromatic heterocycles. The third-order valence-electron chi connectivity index (χ3n) is 12.5. The number of hydrogen-bond donors (Lipinski definition) is 2. The summed E-state index contributed by atoms with van der Waals surface area (Å²) in [5.74, 6) is 3.26. The van der Waals surface area contributed by atoms with Crippen LogP contribution < -0.4 is 30.0 Å². The summed E-state index contributed by atoms with van der Waals surface area (Å²) in [6, 6.07) is 50.8. The van der Waals surface area contributed by atoms with E-state index in [9.17, 15) is 9.59 Å². The minimum atomic E-state index is -0.573. The third kappa shape index (κ3) is 21.9. The van der Waals surface area contributed by atoms with E-state index < -0.39 is 5.60 Å². The second kappa shape index (κ2) is 34.1. The zero-order valence-electron chi connectivity index (χ0n) is 50.3. The highest BCUT2D eigenvalue weighted by molar-refractivity contribution is 6.35. The number of aromatic nitrogens is 4. The topological polar surface area (TPSA) is 222 Å². The van der Waals surface area contributed by atoms with Gasteiger partial charge in [-0.1, -0.05) is 122 Å². The van der Waals surface area contributed by atoms with Crippen LogP contribution in [-0.4, -0.2) is 76.7 Å². The van der Waals surface area contributed by atoms with Gasteiger partial charge in [-0.3, -0.25) is 9.59 Å². The molecule has 10 aromatic rings. The first-order valence-corrected chi connectivity index (χ1v) is 28.9. The molecule has 1 amide bonds. The Morgan fingerprint density at radius 3 is 1.30 bits per heavy atom. The van der Waals surface area contributed by atoms with Crippen molar-refractivity contribution in [2.45, 2.75) is 60.0 Å². The van der Waals surface area contributed by atoms with Crippen LogP contribution in [0, 0.1) is 5.41 Å². The molecule has 2 heterocycles. The van der Waals surface area contributed by atoms with Crippen LogP contribution in [0.1, 0.15) is 64.7 Å². The number of hydrogen-bond acceptors (Lipinski definition) is 14. The van der Waals surface area contributed by atoms with Crippen LogP contribution >= 0.6 is 58.8 Å². The van der Waals surface area contributed by atoms with Gasteiger partial charge in [-0.25, -0.2) is 9.36 Å². The van der Waals surface area contributed by atoms with Gasteiger partial charge in [0.05, 0.1) is 44.4 Å². The highest BCUT2D eigenvalue weighted by Gasteiger charge is 2.20. The van der Waals surface area contributed by atoms with Crippen molar-refractivity contribution in [1.29, 1.82) is 0 Å². The molecular weight excluding hydrogens is 1250 g/mol. The predicted molar refractivity (Wildman–Crippen MR) is 352 cm³/mol. The number of carbonyl (C=O) groups is 2. The molecule has 0 aliphatic rings. The third-order valence-corrected chi connectivity index (χ3v) is 13.3. The van der Waals surface area contributed by atoms with Crippen molar-refractivity contribution in [3.05, 3.63) is 202 Å². The Morgan fingerprint density at radius 2 is 0.922 bits per heavy atom. The smallest absolute Gasteiger partial charge is 0.373 e. The van der Waals surface area contributed by atoms with Gasteiger partial charge < -0.3 is 34.7 Å². The summed E-state index contributed by atoms with van der Waals surface area (Å²) < 4.78 is 31.9. The Hall–Kier alpha value is -8.99. The fourth-order valence-electron chi connectivity index (χ4n) is 8.49. The number of nitrogens with two attached hydrogens (primary N) is 1. The maximum Gasteiger partial charge on any atom is 0.373 e. The fourth-order valence-corrected chi connectivity index (χ4v) is 9.52. The number of ether oxygens (including phenoxy) is 5. The molecule has 17 nitrogen and oxygen atoms in total. The average Bonchev–Trinajstić information content (AvgIpc) is 1.61. The molecule has 0 aliphatic carbocycles. The van der Waals surface area contributed by atoms with E-state index in [0.29, 0.717) is 65.4 Å². The number of esters is 1. The van der Waals surface area contributed by atoms with E-state index in [0.717, 1.165) is 68.6 Å². The van der Waals surface area contributed by atoms with Gasteiger partial charge in [0.1, 0.15) is 40.0 Å². The fraction of sp³-hybridized carbons (Fsp3) is 0.206. The Balaban J connectivity index is 0.000000279. The van der Waals surface area contributed by atoms with Crippen molar-refractivity contribution >= 4 is 105 Å². The van der Waals surface area contributed by atoms with Gasteiger partial charge in [-0.05, 0) is 170 Å². The van der Waals surface area contributed by atoms with Crippen molar-refractivity contribution in [1.82, 2.24) is 24.9 Å². The summed E-state index contributed by atoms with van der Waals surface area (Å²) in [7, 11) is 3.30. The molecule has 10 rings (SSSR count). The molecule has 0 spiro atoms. The number of amides is 1. The number of nitrogens with one attached hydrogen (secondary N) is 1. The summed E-state index contributed by atoms with van der Waals surface area (Å²) >= 11 is 25.0. The molecule has 0 saturated heterocycles. The number of carbonyl (C=O) groups excluding carboxylic acids is 6. The number of fused-ring (bicyclic) bond motifs is 2. The minimum absolute atomic E-state index is 0. The molecule has 0 bridgehead atoms. The Kier molecular flexibility index (Phi) is 27.2. The molecule has 0 fully saturated rings. The Labute approximate surface area is 547 Å².